The molecule has 1 heterocycles. The van der Waals surface area contributed by atoms with Gasteiger partial charge in [-0.15, -0.1) is 11.3 Å². The van der Waals surface area contributed by atoms with Crippen molar-refractivity contribution in [2.75, 3.05) is 23.9 Å². The second-order valence-corrected chi connectivity index (χ2v) is 11.2. The Kier molecular flexibility index (Phi) is 10.2. The van der Waals surface area contributed by atoms with Crippen LogP contribution >= 0.6 is 11.3 Å². The van der Waals surface area contributed by atoms with E-state index in [1.807, 2.05) is 19.2 Å². The molecule has 3 aromatic carbocycles. The number of rotatable bonds is 9. The summed E-state index contributed by atoms with van der Waals surface area (Å²) >= 11 is 1.62. The van der Waals surface area contributed by atoms with E-state index in [1.165, 1.54) is 48.9 Å². The van der Waals surface area contributed by atoms with Crippen molar-refractivity contribution in [1.82, 2.24) is 4.98 Å². The van der Waals surface area contributed by atoms with Gasteiger partial charge in [0.25, 0.3) is 0 Å². The first kappa shape index (κ1) is 29.3. The first-order valence-electron chi connectivity index (χ1n) is 13.4. The molecule has 0 radical (unpaired) electrons. The fourth-order valence-corrected chi connectivity index (χ4v) is 6.07. The number of carbonyl (C=O) groups is 1. The summed E-state index contributed by atoms with van der Waals surface area (Å²) in [6.07, 6.45) is 6.79. The molecule has 5 nitrogen and oxygen atoms in total. The molecule has 0 aliphatic heterocycles. The standard InChI is InChI=1S/C32H35N3O2S.Na.H/c1-34(20-23-11-15-26(16-12-23)25-7-4-3-5-8-25)29-10-6-9-28(19-29)30-22-38-32(33-30)35(2)21-24-13-17-27(18-14-24)31(36)37;;/h6,9-19,22,25H,3-5,7-8,20-21H2,1-2H3,(H,36,37);;. The molecule has 1 aromatic heterocycles. The maximum absolute atomic E-state index is 11.1. The predicted octanol–water partition coefficient (Wildman–Crippen LogP) is 7.18. The number of anilines is 2. The first-order valence-corrected chi connectivity index (χ1v) is 14.2. The summed E-state index contributed by atoms with van der Waals surface area (Å²) in [5, 5.41) is 12.1. The fraction of sp³-hybridized carbons (Fsp3) is 0.312. The summed E-state index contributed by atoms with van der Waals surface area (Å²) in [7, 11) is 4.15. The molecule has 1 saturated carbocycles. The van der Waals surface area contributed by atoms with E-state index in [0.717, 1.165) is 34.4 Å². The molecule has 0 bridgehead atoms. The molecule has 1 aliphatic rings. The summed E-state index contributed by atoms with van der Waals surface area (Å²) in [4.78, 5) is 20.4. The topological polar surface area (TPSA) is 56.7 Å². The second-order valence-electron chi connectivity index (χ2n) is 10.4. The Morgan fingerprint density at radius 3 is 2.21 bits per heavy atom. The molecule has 0 unspecified atom stereocenters. The van der Waals surface area contributed by atoms with Crippen LogP contribution in [0.1, 0.15) is 65.1 Å². The molecular weight excluding hydrogens is 513 g/mol. The second kappa shape index (κ2) is 13.6. The summed E-state index contributed by atoms with van der Waals surface area (Å²) in [6.45, 7) is 1.52. The molecule has 0 atom stereocenters. The van der Waals surface area contributed by atoms with Crippen molar-refractivity contribution in [2.24, 2.45) is 0 Å². The van der Waals surface area contributed by atoms with Crippen LogP contribution in [-0.4, -0.2) is 59.7 Å². The van der Waals surface area contributed by atoms with E-state index in [0.29, 0.717) is 12.1 Å². The van der Waals surface area contributed by atoms with Gasteiger partial charge in [-0.05, 0) is 59.7 Å². The number of hydrogen-bond acceptors (Lipinski definition) is 5. The minimum atomic E-state index is -0.907. The number of carboxylic acids is 1. The van der Waals surface area contributed by atoms with E-state index in [9.17, 15) is 4.79 Å². The molecule has 0 saturated heterocycles. The summed E-state index contributed by atoms with van der Waals surface area (Å²) in [5.74, 6) is -0.165. The van der Waals surface area contributed by atoms with Crippen LogP contribution in [0.4, 0.5) is 10.8 Å². The number of carboxylic acid groups (broad SMARTS) is 1. The van der Waals surface area contributed by atoms with Gasteiger partial charge in [0, 0.05) is 43.8 Å². The van der Waals surface area contributed by atoms with E-state index >= 15 is 0 Å². The van der Waals surface area contributed by atoms with Crippen molar-refractivity contribution < 1.29 is 9.90 Å². The van der Waals surface area contributed by atoms with Gasteiger partial charge in [0.05, 0.1) is 11.3 Å². The third-order valence-corrected chi connectivity index (χ3v) is 8.45. The Balaban J connectivity index is 0.00000353. The van der Waals surface area contributed by atoms with Crippen LogP contribution in [0.3, 0.4) is 0 Å². The molecule has 0 spiro atoms. The van der Waals surface area contributed by atoms with Gasteiger partial charge in [-0.25, -0.2) is 9.78 Å². The summed E-state index contributed by atoms with van der Waals surface area (Å²) < 4.78 is 0. The van der Waals surface area contributed by atoms with Crippen molar-refractivity contribution in [3.63, 3.8) is 0 Å². The van der Waals surface area contributed by atoms with Crippen LogP contribution in [0.25, 0.3) is 11.3 Å². The zero-order valence-corrected chi connectivity index (χ0v) is 23.0. The van der Waals surface area contributed by atoms with Crippen LogP contribution in [0, 0.1) is 0 Å². The fourth-order valence-electron chi connectivity index (χ4n) is 5.27. The van der Waals surface area contributed by atoms with Crippen molar-refractivity contribution in [3.8, 4) is 11.3 Å². The molecule has 5 rings (SSSR count). The Labute approximate surface area is 257 Å². The first-order chi connectivity index (χ1) is 18.5. The van der Waals surface area contributed by atoms with Gasteiger partial charge in [-0.2, -0.15) is 0 Å². The predicted molar refractivity (Wildman–Crippen MR) is 165 cm³/mol. The quantitative estimate of drug-likeness (QED) is 0.224. The van der Waals surface area contributed by atoms with Crippen LogP contribution in [-0.2, 0) is 13.1 Å². The van der Waals surface area contributed by atoms with E-state index < -0.39 is 5.97 Å². The molecule has 4 aromatic rings. The molecule has 1 N–H and O–H groups in total. The van der Waals surface area contributed by atoms with Crippen LogP contribution in [0.15, 0.2) is 78.2 Å². The summed E-state index contributed by atoms with van der Waals surface area (Å²) in [5.41, 5.74) is 7.40. The monoisotopic (exact) mass is 549 g/mol. The third-order valence-electron chi connectivity index (χ3n) is 7.50. The zero-order valence-electron chi connectivity index (χ0n) is 22.1. The van der Waals surface area contributed by atoms with E-state index in [1.54, 1.807) is 23.5 Å². The zero-order chi connectivity index (χ0) is 26.5. The molecular formula is C32H36N3NaO2S. The molecule has 1 fully saturated rings. The van der Waals surface area contributed by atoms with Gasteiger partial charge in [-0.1, -0.05) is 67.8 Å². The molecule has 198 valence electrons. The molecule has 1 aliphatic carbocycles. The van der Waals surface area contributed by atoms with Crippen molar-refractivity contribution in [2.45, 2.75) is 51.1 Å². The normalized spacial score (nSPS) is 13.5. The SMILES string of the molecule is CN(Cc1ccc(C2CCCCC2)cc1)c1cccc(-c2csc(N(C)Cc3ccc(C(=O)O)cc3)n2)c1.[NaH]. The number of hydrogen-bond donors (Lipinski definition) is 1. The summed E-state index contributed by atoms with van der Waals surface area (Å²) in [6, 6.07) is 24.8. The van der Waals surface area contributed by atoms with Crippen molar-refractivity contribution >= 4 is 57.7 Å². The van der Waals surface area contributed by atoms with E-state index in [2.05, 4.69) is 70.8 Å². The van der Waals surface area contributed by atoms with E-state index in [4.69, 9.17) is 10.1 Å². The molecule has 7 heteroatoms. The number of thiazole rings is 1. The Bertz CT molecular complexity index is 1360. The number of aromatic nitrogens is 1. The van der Waals surface area contributed by atoms with Gasteiger partial charge < -0.3 is 14.9 Å². The van der Waals surface area contributed by atoms with Crippen LogP contribution in [0.5, 0.6) is 0 Å². The van der Waals surface area contributed by atoms with E-state index in [-0.39, 0.29) is 29.6 Å². The van der Waals surface area contributed by atoms with Gasteiger partial charge in [0.15, 0.2) is 5.13 Å². The van der Waals surface area contributed by atoms with Crippen molar-refractivity contribution in [1.29, 1.82) is 0 Å². The maximum atomic E-state index is 11.1. The van der Waals surface area contributed by atoms with Gasteiger partial charge in [0.2, 0.25) is 0 Å². The Hall–Kier alpha value is -2.64. The molecule has 0 amide bonds. The Morgan fingerprint density at radius 2 is 1.54 bits per heavy atom. The number of benzene rings is 3. The Morgan fingerprint density at radius 1 is 0.897 bits per heavy atom. The average molecular weight is 550 g/mol. The number of nitrogens with zero attached hydrogens (tertiary/aromatic N) is 3. The van der Waals surface area contributed by atoms with Crippen molar-refractivity contribution in [3.05, 3.63) is 100 Å². The van der Waals surface area contributed by atoms with Gasteiger partial charge >= 0.3 is 35.5 Å². The number of aromatic carboxylic acids is 1. The van der Waals surface area contributed by atoms with Crippen LogP contribution < -0.4 is 9.80 Å². The third kappa shape index (κ3) is 7.52. The minimum absolute atomic E-state index is 0. The van der Waals surface area contributed by atoms with Gasteiger partial charge in [0.1, 0.15) is 0 Å². The van der Waals surface area contributed by atoms with Crippen LogP contribution in [0.2, 0.25) is 0 Å². The molecule has 39 heavy (non-hydrogen) atoms. The van der Waals surface area contributed by atoms with Gasteiger partial charge in [-0.3, -0.25) is 0 Å². The average Bonchev–Trinajstić information content (AvgIpc) is 3.45.